The lowest BCUT2D eigenvalue weighted by Gasteiger charge is -2.30. The SMILES string of the molecule is Cn1cncc1-c1ccc2cnc(CC(=O)CN3CCC(C(F)F)CC3)cc2c1. The second-order valence-corrected chi connectivity index (χ2v) is 7.79. The summed E-state index contributed by atoms with van der Waals surface area (Å²) in [6.45, 7) is 1.41. The number of piperidine rings is 1. The highest BCUT2D eigenvalue weighted by atomic mass is 19.3. The summed E-state index contributed by atoms with van der Waals surface area (Å²) in [7, 11) is 1.95. The highest BCUT2D eigenvalue weighted by Gasteiger charge is 2.26. The van der Waals surface area contributed by atoms with Gasteiger partial charge in [0.05, 0.1) is 31.2 Å². The van der Waals surface area contributed by atoms with E-state index in [0.717, 1.165) is 27.7 Å². The lowest BCUT2D eigenvalue weighted by atomic mass is 9.97. The predicted molar refractivity (Wildman–Crippen MR) is 108 cm³/mol. The zero-order valence-corrected chi connectivity index (χ0v) is 16.4. The van der Waals surface area contributed by atoms with Gasteiger partial charge in [0, 0.05) is 35.8 Å². The van der Waals surface area contributed by atoms with E-state index in [0.29, 0.717) is 32.5 Å². The Bertz CT molecular complexity index is 1010. The summed E-state index contributed by atoms with van der Waals surface area (Å²) in [5.41, 5.74) is 2.81. The third-order valence-corrected chi connectivity index (χ3v) is 5.66. The molecule has 4 rings (SSSR count). The van der Waals surface area contributed by atoms with Crippen molar-refractivity contribution in [3.63, 3.8) is 0 Å². The van der Waals surface area contributed by atoms with Crippen LogP contribution >= 0.6 is 0 Å². The standard InChI is InChI=1S/C22H24F2N4O/c1-27-14-25-12-21(27)16-2-3-17-11-26-19(9-18(17)8-16)10-20(29)13-28-6-4-15(5-7-28)22(23)24/h2-3,8-9,11-12,14-15,22H,4-7,10,13H2,1H3. The van der Waals surface area contributed by atoms with E-state index in [1.165, 1.54) is 0 Å². The summed E-state index contributed by atoms with van der Waals surface area (Å²) in [5.74, 6) is -0.465. The Balaban J connectivity index is 1.42. The van der Waals surface area contributed by atoms with Crippen molar-refractivity contribution in [1.29, 1.82) is 0 Å². The molecule has 29 heavy (non-hydrogen) atoms. The number of hydrogen-bond acceptors (Lipinski definition) is 4. The minimum Gasteiger partial charge on any atom is -0.334 e. The van der Waals surface area contributed by atoms with Gasteiger partial charge in [-0.15, -0.1) is 0 Å². The van der Waals surface area contributed by atoms with Crippen molar-refractivity contribution in [2.75, 3.05) is 19.6 Å². The first-order valence-corrected chi connectivity index (χ1v) is 9.87. The van der Waals surface area contributed by atoms with Crippen molar-refractivity contribution in [1.82, 2.24) is 19.4 Å². The molecule has 0 aliphatic carbocycles. The minimum absolute atomic E-state index is 0.0649. The molecule has 2 aromatic heterocycles. The first kappa shape index (κ1) is 19.6. The molecule has 0 saturated carbocycles. The van der Waals surface area contributed by atoms with E-state index < -0.39 is 12.3 Å². The van der Waals surface area contributed by atoms with Crippen molar-refractivity contribution in [2.45, 2.75) is 25.7 Å². The second-order valence-electron chi connectivity index (χ2n) is 7.79. The largest absolute Gasteiger partial charge is 0.334 e. The summed E-state index contributed by atoms with van der Waals surface area (Å²) in [6, 6.07) is 8.09. The van der Waals surface area contributed by atoms with Crippen LogP contribution in [0.5, 0.6) is 0 Å². The number of ketones is 1. The van der Waals surface area contributed by atoms with Gasteiger partial charge in [0.1, 0.15) is 0 Å². The summed E-state index contributed by atoms with van der Waals surface area (Å²) in [6.07, 6.45) is 4.28. The molecule has 0 radical (unpaired) electrons. The second kappa shape index (κ2) is 8.37. The van der Waals surface area contributed by atoms with E-state index in [4.69, 9.17) is 0 Å². The van der Waals surface area contributed by atoms with Crippen LogP contribution in [-0.4, -0.2) is 51.3 Å². The molecule has 1 saturated heterocycles. The summed E-state index contributed by atoms with van der Waals surface area (Å²) >= 11 is 0. The highest BCUT2D eigenvalue weighted by molar-refractivity contribution is 5.88. The smallest absolute Gasteiger partial charge is 0.241 e. The third kappa shape index (κ3) is 4.50. The maximum atomic E-state index is 12.8. The molecule has 1 fully saturated rings. The molecule has 0 amide bonds. The number of pyridine rings is 1. The number of imidazole rings is 1. The molecule has 7 heteroatoms. The van der Waals surface area contributed by atoms with E-state index in [1.807, 2.05) is 40.9 Å². The van der Waals surface area contributed by atoms with Crippen LogP contribution in [0.25, 0.3) is 22.0 Å². The van der Waals surface area contributed by atoms with E-state index >= 15 is 0 Å². The van der Waals surface area contributed by atoms with E-state index in [2.05, 4.69) is 16.0 Å². The number of rotatable bonds is 6. The zero-order chi connectivity index (χ0) is 20.4. The Morgan fingerprint density at radius 1 is 1.17 bits per heavy atom. The Morgan fingerprint density at radius 3 is 2.66 bits per heavy atom. The lowest BCUT2D eigenvalue weighted by Crippen LogP contribution is -2.39. The number of Topliss-reactive ketones (excluding diaryl/α,β-unsaturated/α-hetero) is 1. The first-order chi connectivity index (χ1) is 14.0. The molecule has 1 aromatic carbocycles. The Kier molecular flexibility index (Phi) is 5.67. The van der Waals surface area contributed by atoms with Gasteiger partial charge in [-0.2, -0.15) is 0 Å². The number of carbonyl (C=O) groups excluding carboxylic acids is 1. The number of aryl methyl sites for hydroxylation is 1. The van der Waals surface area contributed by atoms with Gasteiger partial charge < -0.3 is 4.57 Å². The molecule has 152 valence electrons. The van der Waals surface area contributed by atoms with E-state index in [9.17, 15) is 13.6 Å². The van der Waals surface area contributed by atoms with Crippen LogP contribution in [0.4, 0.5) is 8.78 Å². The summed E-state index contributed by atoms with van der Waals surface area (Å²) in [4.78, 5) is 23.1. The van der Waals surface area contributed by atoms with Gasteiger partial charge in [0.25, 0.3) is 0 Å². The molecule has 5 nitrogen and oxygen atoms in total. The Morgan fingerprint density at radius 2 is 1.97 bits per heavy atom. The maximum Gasteiger partial charge on any atom is 0.241 e. The molecular formula is C22H24F2N4O. The number of carbonyl (C=O) groups is 1. The zero-order valence-electron chi connectivity index (χ0n) is 16.4. The summed E-state index contributed by atoms with van der Waals surface area (Å²) in [5, 5.41) is 2.04. The molecule has 0 atom stereocenters. The molecule has 0 bridgehead atoms. The van der Waals surface area contributed by atoms with Crippen molar-refractivity contribution >= 4 is 16.6 Å². The van der Waals surface area contributed by atoms with Gasteiger partial charge in [-0.1, -0.05) is 12.1 Å². The van der Waals surface area contributed by atoms with E-state index in [-0.39, 0.29) is 12.2 Å². The number of benzene rings is 1. The average molecular weight is 398 g/mol. The molecule has 0 spiro atoms. The first-order valence-electron chi connectivity index (χ1n) is 9.87. The fourth-order valence-corrected chi connectivity index (χ4v) is 3.95. The topological polar surface area (TPSA) is 51.0 Å². The monoisotopic (exact) mass is 398 g/mol. The predicted octanol–water partition coefficient (Wildman–Crippen LogP) is 3.72. The molecule has 1 aliphatic rings. The van der Waals surface area contributed by atoms with Crippen LogP contribution in [0.15, 0.2) is 43.0 Å². The number of likely N-dealkylation sites (tertiary alicyclic amines) is 1. The quantitative estimate of drug-likeness (QED) is 0.635. The molecule has 3 aromatic rings. The van der Waals surface area contributed by atoms with Gasteiger partial charge >= 0.3 is 0 Å². The van der Waals surface area contributed by atoms with Crippen molar-refractivity contribution < 1.29 is 13.6 Å². The fraction of sp³-hybridized carbons (Fsp3) is 0.409. The number of hydrogen-bond donors (Lipinski definition) is 0. The Labute approximate surface area is 168 Å². The number of nitrogens with zero attached hydrogens (tertiary/aromatic N) is 4. The van der Waals surface area contributed by atoms with Gasteiger partial charge in [0.2, 0.25) is 6.43 Å². The van der Waals surface area contributed by atoms with Gasteiger partial charge in [0.15, 0.2) is 5.78 Å². The highest BCUT2D eigenvalue weighted by Crippen LogP contribution is 2.25. The number of fused-ring (bicyclic) bond motifs is 1. The minimum atomic E-state index is -2.26. The molecule has 0 N–H and O–H groups in total. The fourth-order valence-electron chi connectivity index (χ4n) is 3.95. The van der Waals surface area contributed by atoms with Crippen LogP contribution in [0.3, 0.4) is 0 Å². The molecule has 0 unspecified atom stereocenters. The van der Waals surface area contributed by atoms with Crippen molar-refractivity contribution in [2.24, 2.45) is 13.0 Å². The number of halogens is 2. The lowest BCUT2D eigenvalue weighted by molar-refractivity contribution is -0.120. The van der Waals surface area contributed by atoms with Crippen molar-refractivity contribution in [3.8, 4) is 11.3 Å². The molecule has 1 aliphatic heterocycles. The number of alkyl halides is 2. The van der Waals surface area contributed by atoms with E-state index in [1.54, 1.807) is 12.5 Å². The van der Waals surface area contributed by atoms with Gasteiger partial charge in [-0.05, 0) is 43.5 Å². The molecule has 3 heterocycles. The normalized spacial score (nSPS) is 16.0. The van der Waals surface area contributed by atoms with Gasteiger partial charge in [-0.3, -0.25) is 14.7 Å². The third-order valence-electron chi connectivity index (χ3n) is 5.66. The van der Waals surface area contributed by atoms with Crippen LogP contribution in [0.2, 0.25) is 0 Å². The van der Waals surface area contributed by atoms with Gasteiger partial charge in [-0.25, -0.2) is 13.8 Å². The van der Waals surface area contributed by atoms with Crippen LogP contribution in [0, 0.1) is 5.92 Å². The van der Waals surface area contributed by atoms with Crippen molar-refractivity contribution in [3.05, 3.63) is 48.7 Å². The van der Waals surface area contributed by atoms with Crippen LogP contribution < -0.4 is 0 Å². The van der Waals surface area contributed by atoms with Crippen LogP contribution in [0.1, 0.15) is 18.5 Å². The maximum absolute atomic E-state index is 12.8. The average Bonchev–Trinajstić information content (AvgIpc) is 3.13. The Hall–Kier alpha value is -2.67. The summed E-state index contributed by atoms with van der Waals surface area (Å²) < 4.78 is 27.5. The van der Waals surface area contributed by atoms with Crippen LogP contribution in [-0.2, 0) is 18.3 Å². The number of aromatic nitrogens is 3. The molecular weight excluding hydrogens is 374 g/mol.